The number of aromatic nitrogens is 2. The molecule has 7 nitrogen and oxygen atoms in total. The Bertz CT molecular complexity index is 756. The van der Waals surface area contributed by atoms with E-state index in [2.05, 4.69) is 0 Å². The zero-order valence-electron chi connectivity index (χ0n) is 11.5. The van der Waals surface area contributed by atoms with E-state index in [0.29, 0.717) is 9.16 Å². The van der Waals surface area contributed by atoms with Gasteiger partial charge in [-0.25, -0.2) is 4.79 Å². The van der Waals surface area contributed by atoms with Crippen molar-refractivity contribution in [1.82, 2.24) is 4.73 Å². The van der Waals surface area contributed by atoms with E-state index in [1.165, 1.54) is 32.2 Å². The molecule has 1 aromatic carbocycles. The van der Waals surface area contributed by atoms with E-state index in [0.717, 1.165) is 0 Å². The quantitative estimate of drug-likeness (QED) is 0.487. The van der Waals surface area contributed by atoms with Gasteiger partial charge in [-0.05, 0) is 19.1 Å². The van der Waals surface area contributed by atoms with Crippen LogP contribution in [0.4, 0.5) is 0 Å². The summed E-state index contributed by atoms with van der Waals surface area (Å²) >= 11 is 5.82. The third-order valence-corrected chi connectivity index (χ3v) is 3.17. The maximum absolute atomic E-state index is 12.3. The first kappa shape index (κ1) is 15.3. The van der Waals surface area contributed by atoms with E-state index in [9.17, 15) is 14.9 Å². The fourth-order valence-corrected chi connectivity index (χ4v) is 2.06. The number of methoxy groups -OCH3 is 1. The molecule has 0 aliphatic heterocycles. The van der Waals surface area contributed by atoms with Crippen molar-refractivity contribution in [2.75, 3.05) is 20.3 Å². The molecule has 0 aliphatic carbocycles. The van der Waals surface area contributed by atoms with Crippen molar-refractivity contribution >= 4 is 28.6 Å². The largest absolute Gasteiger partial charge is 0.805 e. The molecule has 0 amide bonds. The number of ether oxygens (including phenoxy) is 2. The summed E-state index contributed by atoms with van der Waals surface area (Å²) in [5, 5.41) is 12.4. The molecule has 1 aromatic heterocycles. The first-order valence-corrected chi connectivity index (χ1v) is 6.46. The summed E-state index contributed by atoms with van der Waals surface area (Å²) in [7, 11) is 1.45. The molecule has 0 saturated carbocycles. The Morgan fingerprint density at radius 1 is 1.43 bits per heavy atom. The van der Waals surface area contributed by atoms with Crippen LogP contribution in [0.25, 0.3) is 11.0 Å². The first-order chi connectivity index (χ1) is 9.97. The normalized spacial score (nSPS) is 10.8. The van der Waals surface area contributed by atoms with E-state index < -0.39 is 5.97 Å². The van der Waals surface area contributed by atoms with Crippen LogP contribution in [0.15, 0.2) is 18.2 Å². The van der Waals surface area contributed by atoms with E-state index in [-0.39, 0.29) is 40.7 Å². The predicted octanol–water partition coefficient (Wildman–Crippen LogP) is 1.67. The van der Waals surface area contributed by atoms with Crippen LogP contribution in [0, 0.1) is 17.0 Å². The minimum absolute atomic E-state index is 0.00166. The molecule has 2 aromatic rings. The molecular weight excluding hydrogens is 300 g/mol. The third-order valence-electron chi connectivity index (χ3n) is 2.94. The average Bonchev–Trinajstić information content (AvgIpc) is 2.45. The fourth-order valence-electron chi connectivity index (χ4n) is 1.89. The molecule has 0 aliphatic rings. The molecule has 0 radical (unpaired) electrons. The van der Waals surface area contributed by atoms with Gasteiger partial charge in [-0.3, -0.25) is 0 Å². The molecule has 2 rings (SSSR count). The van der Waals surface area contributed by atoms with Crippen LogP contribution in [0.1, 0.15) is 16.2 Å². The number of carbonyl (C=O) groups excluding carboxylic acids is 1. The SMILES string of the molecule is COCCOC(=O)c1c(C)n([O-])c2ccc(Cl)cc2[n+]1=O. The van der Waals surface area contributed by atoms with Gasteiger partial charge in [-0.15, -0.1) is 0 Å². The Kier molecular flexibility index (Phi) is 4.44. The Labute approximate surface area is 124 Å². The highest BCUT2D eigenvalue weighted by atomic mass is 35.5. The van der Waals surface area contributed by atoms with E-state index in [1.54, 1.807) is 0 Å². The summed E-state index contributed by atoms with van der Waals surface area (Å²) < 4.78 is 10.5. The van der Waals surface area contributed by atoms with Gasteiger partial charge >= 0.3 is 11.7 Å². The Balaban J connectivity index is 2.59. The number of halogens is 1. The topological polar surface area (TPSA) is 86.5 Å². The number of nitrogens with zero attached hydrogens (tertiary/aromatic N) is 2. The van der Waals surface area contributed by atoms with Crippen LogP contribution in [-0.2, 0) is 9.47 Å². The minimum atomic E-state index is -0.883. The predicted molar refractivity (Wildman–Crippen MR) is 76.0 cm³/mol. The highest BCUT2D eigenvalue weighted by molar-refractivity contribution is 6.31. The van der Waals surface area contributed by atoms with Gasteiger partial charge in [0.25, 0.3) is 5.52 Å². The van der Waals surface area contributed by atoms with Gasteiger partial charge in [0.1, 0.15) is 12.1 Å². The summed E-state index contributed by atoms with van der Waals surface area (Å²) in [6.07, 6.45) is 0. The lowest BCUT2D eigenvalue weighted by Crippen LogP contribution is -2.31. The molecule has 0 spiro atoms. The Hall–Kier alpha value is -2.12. The summed E-state index contributed by atoms with van der Waals surface area (Å²) in [4.78, 5) is 24.3. The summed E-state index contributed by atoms with van der Waals surface area (Å²) in [5.74, 6) is -0.883. The van der Waals surface area contributed by atoms with Gasteiger partial charge in [-0.1, -0.05) is 11.6 Å². The van der Waals surface area contributed by atoms with Crippen LogP contribution in [0.3, 0.4) is 0 Å². The van der Waals surface area contributed by atoms with Gasteiger partial charge in [-0.2, -0.15) is 0 Å². The van der Waals surface area contributed by atoms with Crippen LogP contribution in [0.2, 0.25) is 5.02 Å². The van der Waals surface area contributed by atoms with Crippen LogP contribution in [-0.4, -0.2) is 31.0 Å². The molecule has 112 valence electrons. The molecule has 0 N–H and O–H groups in total. The zero-order chi connectivity index (χ0) is 15.6. The van der Waals surface area contributed by atoms with Crippen molar-refractivity contribution < 1.29 is 18.7 Å². The summed E-state index contributed by atoms with van der Waals surface area (Å²) in [6.45, 7) is 1.56. The Morgan fingerprint density at radius 2 is 2.14 bits per heavy atom. The second-order valence-electron chi connectivity index (χ2n) is 4.28. The lowest BCUT2D eigenvalue weighted by molar-refractivity contribution is -0.469. The van der Waals surface area contributed by atoms with E-state index >= 15 is 0 Å². The second kappa shape index (κ2) is 6.11. The maximum atomic E-state index is 12.3. The highest BCUT2D eigenvalue weighted by Crippen LogP contribution is 2.18. The van der Waals surface area contributed by atoms with Crippen molar-refractivity contribution in [1.29, 1.82) is 0 Å². The molecule has 0 bridgehead atoms. The minimum Gasteiger partial charge on any atom is -0.805 e. The van der Waals surface area contributed by atoms with Crippen LogP contribution < -0.4 is 4.43 Å². The van der Waals surface area contributed by atoms with Gasteiger partial charge in [0, 0.05) is 23.1 Å². The average molecular weight is 313 g/mol. The standard InChI is InChI=1S/C13H13ClN2O5/c1-8-12(13(17)21-6-5-20-2)16(19)11-7-9(14)3-4-10(11)15(8)18/h3-4,7H,5-6H2,1-2H3. The Morgan fingerprint density at radius 3 is 2.81 bits per heavy atom. The van der Waals surface area contributed by atoms with Crippen molar-refractivity contribution in [2.45, 2.75) is 6.92 Å². The molecule has 0 atom stereocenters. The monoisotopic (exact) mass is 312 g/mol. The molecular formula is C13H13ClN2O5. The smallest absolute Gasteiger partial charge is 0.410 e. The van der Waals surface area contributed by atoms with Gasteiger partial charge in [0.05, 0.1) is 16.7 Å². The molecule has 0 fully saturated rings. The zero-order valence-corrected chi connectivity index (χ0v) is 12.2. The fraction of sp³-hybridized carbons (Fsp3) is 0.308. The summed E-state index contributed by atoms with van der Waals surface area (Å²) in [6, 6.07) is 4.24. The highest BCUT2D eigenvalue weighted by Gasteiger charge is 2.28. The first-order valence-electron chi connectivity index (χ1n) is 6.08. The number of esters is 1. The molecule has 0 saturated heterocycles. The molecule has 0 unspecified atom stereocenters. The van der Waals surface area contributed by atoms with Crippen molar-refractivity contribution in [3.63, 3.8) is 0 Å². The maximum Gasteiger partial charge on any atom is 0.410 e. The van der Waals surface area contributed by atoms with Crippen molar-refractivity contribution in [2.24, 2.45) is 0 Å². The van der Waals surface area contributed by atoms with Crippen LogP contribution >= 0.6 is 11.6 Å². The number of rotatable bonds is 4. The van der Waals surface area contributed by atoms with Crippen LogP contribution in [0.5, 0.6) is 0 Å². The van der Waals surface area contributed by atoms with E-state index in [4.69, 9.17) is 21.1 Å². The number of benzene rings is 1. The van der Waals surface area contributed by atoms with E-state index in [1.807, 2.05) is 0 Å². The number of fused-ring (bicyclic) bond motifs is 1. The van der Waals surface area contributed by atoms with Crippen molar-refractivity contribution in [3.8, 4) is 0 Å². The molecule has 8 heteroatoms. The number of hydrogen-bond acceptors (Lipinski definition) is 5. The van der Waals surface area contributed by atoms with Gasteiger partial charge < -0.3 is 19.4 Å². The van der Waals surface area contributed by atoms with Gasteiger partial charge in [0.15, 0.2) is 0 Å². The summed E-state index contributed by atoms with van der Waals surface area (Å²) in [5.41, 5.74) is -0.278. The molecule has 21 heavy (non-hydrogen) atoms. The van der Waals surface area contributed by atoms with Gasteiger partial charge in [0.2, 0.25) is 0 Å². The lowest BCUT2D eigenvalue weighted by atomic mass is 10.2. The number of hydrogen-bond donors (Lipinski definition) is 0. The third kappa shape index (κ3) is 2.84. The lowest BCUT2D eigenvalue weighted by Gasteiger charge is -2.16. The second-order valence-corrected chi connectivity index (χ2v) is 4.72. The number of carbonyl (C=O) groups is 1. The molecule has 1 heterocycles. The van der Waals surface area contributed by atoms with Crippen molar-refractivity contribution in [3.05, 3.63) is 44.7 Å².